The molecule has 0 bridgehead atoms. The molecule has 2 aliphatic rings. The number of halogens is 7. The third kappa shape index (κ3) is 7.46. The van der Waals surface area contributed by atoms with Crippen LogP contribution in [0.1, 0.15) is 87.2 Å². The van der Waals surface area contributed by atoms with Gasteiger partial charge in [0.1, 0.15) is 11.6 Å². The molecule has 0 unspecified atom stereocenters. The molecule has 1 aliphatic heterocycles. The van der Waals surface area contributed by atoms with Crippen LogP contribution in [-0.4, -0.2) is 19.3 Å². The first-order valence-corrected chi connectivity index (χ1v) is 15.1. The smallest absolute Gasteiger partial charge is 0.348 e. The van der Waals surface area contributed by atoms with Crippen molar-refractivity contribution in [2.24, 2.45) is 5.92 Å². The summed E-state index contributed by atoms with van der Waals surface area (Å²) < 4.78 is 117. The molecule has 44 heavy (non-hydrogen) atoms. The van der Waals surface area contributed by atoms with Crippen molar-refractivity contribution >= 4 is 0 Å². The van der Waals surface area contributed by atoms with Crippen molar-refractivity contribution in [3.8, 4) is 11.1 Å². The van der Waals surface area contributed by atoms with E-state index in [1.54, 1.807) is 6.07 Å². The van der Waals surface area contributed by atoms with E-state index in [0.29, 0.717) is 24.7 Å². The van der Waals surface area contributed by atoms with E-state index in [1.165, 1.54) is 18.2 Å². The lowest BCUT2D eigenvalue weighted by molar-refractivity contribution is -0.278. The quantitative estimate of drug-likeness (QED) is 0.128. The minimum absolute atomic E-state index is 0.0312. The number of hydrogen-bond acceptors (Lipinski definition) is 3. The molecule has 0 radical (unpaired) electrons. The molecule has 10 heteroatoms. The van der Waals surface area contributed by atoms with Crippen molar-refractivity contribution in [3.05, 3.63) is 94.3 Å². The highest BCUT2D eigenvalue weighted by Crippen LogP contribution is 2.41. The first kappa shape index (κ1) is 32.4. The number of ether oxygens (including phenoxy) is 3. The van der Waals surface area contributed by atoms with Crippen LogP contribution in [0.4, 0.5) is 30.7 Å². The van der Waals surface area contributed by atoms with Crippen LogP contribution in [0.15, 0.2) is 48.5 Å². The van der Waals surface area contributed by atoms with Gasteiger partial charge in [0.15, 0.2) is 23.7 Å². The van der Waals surface area contributed by atoms with Crippen LogP contribution in [0, 0.1) is 35.0 Å². The molecule has 1 saturated heterocycles. The lowest BCUT2D eigenvalue weighted by Gasteiger charge is -2.31. The zero-order chi connectivity index (χ0) is 31.4. The molecule has 1 aliphatic carbocycles. The van der Waals surface area contributed by atoms with Gasteiger partial charge in [-0.25, -0.2) is 22.0 Å². The molecule has 0 N–H and O–H groups in total. The van der Waals surface area contributed by atoms with Gasteiger partial charge in [-0.15, -0.1) is 0 Å². The summed E-state index contributed by atoms with van der Waals surface area (Å²) in [5, 5.41) is 0. The molecule has 0 atom stereocenters. The predicted molar refractivity (Wildman–Crippen MR) is 150 cm³/mol. The van der Waals surface area contributed by atoms with Gasteiger partial charge in [-0.1, -0.05) is 44.4 Å². The van der Waals surface area contributed by atoms with Gasteiger partial charge in [0.25, 0.3) is 0 Å². The summed E-state index contributed by atoms with van der Waals surface area (Å²) in [6.07, 6.45) is -0.433. The predicted octanol–water partition coefficient (Wildman–Crippen LogP) is 10.1. The topological polar surface area (TPSA) is 27.7 Å². The summed E-state index contributed by atoms with van der Waals surface area (Å²) in [7, 11) is 0. The number of hydrogen-bond donors (Lipinski definition) is 0. The molecule has 1 heterocycles. The lowest BCUT2D eigenvalue weighted by Crippen LogP contribution is -2.30. The van der Waals surface area contributed by atoms with E-state index in [1.807, 2.05) is 0 Å². The summed E-state index contributed by atoms with van der Waals surface area (Å²) in [6.45, 7) is 3.16. The Hall–Kier alpha value is -2.95. The van der Waals surface area contributed by atoms with Crippen LogP contribution in [0.2, 0.25) is 0 Å². The van der Waals surface area contributed by atoms with Crippen molar-refractivity contribution in [3.63, 3.8) is 0 Å². The van der Waals surface area contributed by atoms with Crippen molar-refractivity contribution < 1.29 is 44.9 Å². The van der Waals surface area contributed by atoms with E-state index in [2.05, 4.69) is 6.92 Å². The third-order valence-electron chi connectivity index (χ3n) is 8.51. The average molecular weight is 625 g/mol. The zero-order valence-electron chi connectivity index (χ0n) is 24.4. The minimum Gasteiger partial charge on any atom is -0.348 e. The fraction of sp³-hybridized carbons (Fsp3) is 0.471. The Bertz CT molecular complexity index is 1410. The normalized spacial score (nSPS) is 22.7. The summed E-state index contributed by atoms with van der Waals surface area (Å²) in [6, 6.07) is 9.03. The Balaban J connectivity index is 1.19. The van der Waals surface area contributed by atoms with Gasteiger partial charge < -0.3 is 14.2 Å². The molecular formula is C34H35F7O3. The van der Waals surface area contributed by atoms with E-state index >= 15 is 17.6 Å². The fourth-order valence-corrected chi connectivity index (χ4v) is 6.01. The lowest BCUT2D eigenvalue weighted by atomic mass is 9.82. The third-order valence-corrected chi connectivity index (χ3v) is 8.51. The van der Waals surface area contributed by atoms with E-state index in [4.69, 9.17) is 14.2 Å². The van der Waals surface area contributed by atoms with Crippen LogP contribution >= 0.6 is 0 Å². The molecule has 0 aromatic heterocycles. The van der Waals surface area contributed by atoms with E-state index in [9.17, 15) is 13.2 Å². The molecule has 1 saturated carbocycles. The van der Waals surface area contributed by atoms with Crippen molar-refractivity contribution in [2.45, 2.75) is 82.7 Å². The first-order chi connectivity index (χ1) is 21.1. The van der Waals surface area contributed by atoms with Gasteiger partial charge >= 0.3 is 6.11 Å². The van der Waals surface area contributed by atoms with Crippen molar-refractivity contribution in [1.82, 2.24) is 0 Å². The molecule has 238 valence electrons. The van der Waals surface area contributed by atoms with Crippen LogP contribution < -0.4 is 0 Å². The SMILES string of the molecule is CCCCCC1COC(c2ccc(-c3ccc(C(F)(F)OC4CCC(c5cc(F)c(F)c(F)c5)CC4)c(F)c3)c(F)c2)OC1. The maximum atomic E-state index is 15.1. The highest BCUT2D eigenvalue weighted by molar-refractivity contribution is 5.65. The standard InChI is InChI=1S/C34H35F7O3/c1-2-3-4-5-20-18-42-33(43-19-20)23-8-12-26(28(35)15-23)22-9-13-27(29(36)14-22)34(40,41)44-25-10-6-21(7-11-25)24-16-30(37)32(39)31(38)17-24/h8-9,12-17,20-21,25,33H,2-7,10-11,18-19H2,1H3. The maximum Gasteiger partial charge on any atom is 0.386 e. The second kappa shape index (κ2) is 14.0. The van der Waals surface area contributed by atoms with Crippen LogP contribution in [0.3, 0.4) is 0 Å². The Morgan fingerprint density at radius 2 is 1.41 bits per heavy atom. The van der Waals surface area contributed by atoms with Gasteiger partial charge in [-0.05, 0) is 79.5 Å². The number of alkyl halides is 2. The Labute approximate surface area is 252 Å². The van der Waals surface area contributed by atoms with Gasteiger partial charge in [-0.2, -0.15) is 8.78 Å². The highest BCUT2D eigenvalue weighted by Gasteiger charge is 2.40. The Kier molecular flexibility index (Phi) is 10.3. The second-order valence-corrected chi connectivity index (χ2v) is 11.7. The minimum atomic E-state index is -3.97. The Morgan fingerprint density at radius 1 is 0.750 bits per heavy atom. The van der Waals surface area contributed by atoms with Crippen molar-refractivity contribution in [1.29, 1.82) is 0 Å². The summed E-state index contributed by atoms with van der Waals surface area (Å²) in [5.41, 5.74) is -0.158. The summed E-state index contributed by atoms with van der Waals surface area (Å²) >= 11 is 0. The van der Waals surface area contributed by atoms with Gasteiger partial charge in [0, 0.05) is 17.0 Å². The number of benzene rings is 3. The molecule has 0 spiro atoms. The van der Waals surface area contributed by atoms with Gasteiger partial charge in [0.2, 0.25) is 0 Å². The molecule has 3 nitrogen and oxygen atoms in total. The molecule has 2 fully saturated rings. The first-order valence-electron chi connectivity index (χ1n) is 15.1. The monoisotopic (exact) mass is 624 g/mol. The average Bonchev–Trinajstić information content (AvgIpc) is 3.00. The van der Waals surface area contributed by atoms with E-state index in [0.717, 1.165) is 49.9 Å². The van der Waals surface area contributed by atoms with Crippen LogP contribution in [0.25, 0.3) is 11.1 Å². The molecule has 5 rings (SSSR count). The van der Waals surface area contributed by atoms with Crippen LogP contribution in [-0.2, 0) is 20.3 Å². The van der Waals surface area contributed by atoms with E-state index in [-0.39, 0.29) is 48.3 Å². The number of rotatable bonds is 10. The maximum absolute atomic E-state index is 15.1. The molecule has 3 aromatic carbocycles. The molecule has 3 aromatic rings. The Morgan fingerprint density at radius 3 is 2.02 bits per heavy atom. The van der Waals surface area contributed by atoms with Gasteiger partial charge in [-0.3, -0.25) is 0 Å². The largest absolute Gasteiger partial charge is 0.386 e. The zero-order valence-corrected chi connectivity index (χ0v) is 24.4. The van der Waals surface area contributed by atoms with E-state index < -0.39 is 53.2 Å². The van der Waals surface area contributed by atoms with Gasteiger partial charge in [0.05, 0.1) is 24.9 Å². The summed E-state index contributed by atoms with van der Waals surface area (Å²) in [5.74, 6) is -6.17. The summed E-state index contributed by atoms with van der Waals surface area (Å²) in [4.78, 5) is 0. The molecule has 0 amide bonds. The highest BCUT2D eigenvalue weighted by atomic mass is 19.3. The fourth-order valence-electron chi connectivity index (χ4n) is 6.01. The second-order valence-electron chi connectivity index (χ2n) is 11.7. The van der Waals surface area contributed by atoms with Crippen molar-refractivity contribution in [2.75, 3.05) is 13.2 Å². The van der Waals surface area contributed by atoms with Crippen LogP contribution in [0.5, 0.6) is 0 Å². The number of unbranched alkanes of at least 4 members (excludes halogenated alkanes) is 2. The molecular weight excluding hydrogens is 589 g/mol.